The summed E-state index contributed by atoms with van der Waals surface area (Å²) in [6.45, 7) is 1.08. The lowest BCUT2D eigenvalue weighted by Crippen LogP contribution is -2.26. The summed E-state index contributed by atoms with van der Waals surface area (Å²) in [4.78, 5) is 24.7. The van der Waals surface area contributed by atoms with E-state index >= 15 is 0 Å². The molecule has 0 saturated carbocycles. The van der Waals surface area contributed by atoms with Crippen molar-refractivity contribution in [3.8, 4) is 0 Å². The third-order valence-corrected chi connectivity index (χ3v) is 3.89. The predicted octanol–water partition coefficient (Wildman–Crippen LogP) is 2.97. The van der Waals surface area contributed by atoms with Crippen molar-refractivity contribution in [2.45, 2.75) is 26.1 Å². The molecule has 0 radical (unpaired) electrons. The van der Waals surface area contributed by atoms with Gasteiger partial charge in [0.1, 0.15) is 6.61 Å². The highest BCUT2D eigenvalue weighted by atomic mass is 16.6. The molecular formula is C18H17NO4. The van der Waals surface area contributed by atoms with Gasteiger partial charge in [-0.2, -0.15) is 0 Å². The van der Waals surface area contributed by atoms with Gasteiger partial charge in [0.2, 0.25) is 0 Å². The number of amides is 1. The van der Waals surface area contributed by atoms with Gasteiger partial charge in [-0.25, -0.2) is 4.79 Å². The van der Waals surface area contributed by atoms with Crippen LogP contribution in [0.2, 0.25) is 0 Å². The first kappa shape index (κ1) is 15.1. The summed E-state index contributed by atoms with van der Waals surface area (Å²) in [7, 11) is 0. The molecule has 0 bridgehead atoms. The van der Waals surface area contributed by atoms with Crippen molar-refractivity contribution in [1.82, 2.24) is 4.90 Å². The third kappa shape index (κ3) is 3.51. The first-order valence-corrected chi connectivity index (χ1v) is 7.40. The molecule has 0 aromatic heterocycles. The summed E-state index contributed by atoms with van der Waals surface area (Å²) in [5.74, 6) is -0.872. The van der Waals surface area contributed by atoms with E-state index in [1.807, 2.05) is 42.5 Å². The van der Waals surface area contributed by atoms with Gasteiger partial charge in [0.05, 0.1) is 6.42 Å². The SMILES string of the molecule is O=C(O)Cc1cccc2c1CN(C(=O)OCc1ccccc1)C2. The van der Waals surface area contributed by atoms with Crippen LogP contribution in [0.25, 0.3) is 0 Å². The number of carboxylic acids is 1. The van der Waals surface area contributed by atoms with E-state index < -0.39 is 5.97 Å². The van der Waals surface area contributed by atoms with Crippen molar-refractivity contribution in [2.24, 2.45) is 0 Å². The van der Waals surface area contributed by atoms with Gasteiger partial charge in [-0.1, -0.05) is 48.5 Å². The molecular weight excluding hydrogens is 294 g/mol. The number of benzene rings is 2. The Hall–Kier alpha value is -2.82. The van der Waals surface area contributed by atoms with Crippen LogP contribution in [0.1, 0.15) is 22.3 Å². The van der Waals surface area contributed by atoms with Crippen LogP contribution in [0.5, 0.6) is 0 Å². The molecule has 5 heteroatoms. The van der Waals surface area contributed by atoms with Crippen LogP contribution in [-0.2, 0) is 35.6 Å². The minimum absolute atomic E-state index is 0.0317. The molecule has 0 saturated heterocycles. The van der Waals surface area contributed by atoms with Crippen molar-refractivity contribution in [3.05, 3.63) is 70.8 Å². The Morgan fingerprint density at radius 2 is 1.83 bits per heavy atom. The van der Waals surface area contributed by atoms with Crippen molar-refractivity contribution in [1.29, 1.82) is 0 Å². The lowest BCUT2D eigenvalue weighted by Gasteiger charge is -2.15. The Morgan fingerprint density at radius 1 is 1.04 bits per heavy atom. The summed E-state index contributed by atoms with van der Waals surface area (Å²) < 4.78 is 5.33. The van der Waals surface area contributed by atoms with E-state index in [-0.39, 0.29) is 19.1 Å². The number of fused-ring (bicyclic) bond motifs is 1. The Labute approximate surface area is 134 Å². The molecule has 1 aliphatic rings. The van der Waals surface area contributed by atoms with E-state index in [1.54, 1.807) is 11.0 Å². The topological polar surface area (TPSA) is 66.8 Å². The molecule has 118 valence electrons. The van der Waals surface area contributed by atoms with Crippen molar-refractivity contribution >= 4 is 12.1 Å². The molecule has 0 aliphatic carbocycles. The first-order valence-electron chi connectivity index (χ1n) is 7.40. The van der Waals surface area contributed by atoms with Crippen LogP contribution in [0.4, 0.5) is 4.79 Å². The van der Waals surface area contributed by atoms with E-state index in [2.05, 4.69) is 0 Å². The maximum atomic E-state index is 12.2. The molecule has 0 unspecified atom stereocenters. The Bertz CT molecular complexity index is 727. The van der Waals surface area contributed by atoms with Crippen molar-refractivity contribution in [2.75, 3.05) is 0 Å². The lowest BCUT2D eigenvalue weighted by molar-refractivity contribution is -0.136. The molecule has 1 heterocycles. The van der Waals surface area contributed by atoms with Crippen molar-refractivity contribution < 1.29 is 19.4 Å². The predicted molar refractivity (Wildman–Crippen MR) is 83.7 cm³/mol. The second-order valence-corrected chi connectivity index (χ2v) is 5.52. The van der Waals surface area contributed by atoms with E-state index in [4.69, 9.17) is 9.84 Å². The Morgan fingerprint density at radius 3 is 2.57 bits per heavy atom. The second-order valence-electron chi connectivity index (χ2n) is 5.52. The van der Waals surface area contributed by atoms with Gasteiger partial charge in [-0.05, 0) is 22.3 Å². The number of hydrogen-bond acceptors (Lipinski definition) is 3. The van der Waals surface area contributed by atoms with E-state index in [9.17, 15) is 9.59 Å². The van der Waals surface area contributed by atoms with Gasteiger partial charge in [0.15, 0.2) is 0 Å². The molecule has 1 aliphatic heterocycles. The maximum absolute atomic E-state index is 12.2. The minimum atomic E-state index is -0.872. The largest absolute Gasteiger partial charge is 0.481 e. The summed E-state index contributed by atoms with van der Waals surface area (Å²) in [6.07, 6.45) is -0.415. The van der Waals surface area contributed by atoms with Gasteiger partial charge in [-0.3, -0.25) is 9.69 Å². The highest BCUT2D eigenvalue weighted by molar-refractivity contribution is 5.72. The number of aliphatic carboxylic acids is 1. The Balaban J connectivity index is 1.65. The first-order chi connectivity index (χ1) is 11.1. The number of carboxylic acid groups (broad SMARTS) is 1. The quantitative estimate of drug-likeness (QED) is 0.942. The average Bonchev–Trinajstić information content (AvgIpc) is 2.98. The average molecular weight is 311 g/mol. The lowest BCUT2D eigenvalue weighted by atomic mass is 10.0. The summed E-state index contributed by atoms with van der Waals surface area (Å²) in [5, 5.41) is 8.98. The van der Waals surface area contributed by atoms with E-state index in [0.29, 0.717) is 13.1 Å². The number of carbonyl (C=O) groups excluding carboxylic acids is 1. The number of ether oxygens (including phenoxy) is 1. The maximum Gasteiger partial charge on any atom is 0.410 e. The van der Waals surface area contributed by atoms with Gasteiger partial charge in [0, 0.05) is 13.1 Å². The fourth-order valence-electron chi connectivity index (χ4n) is 2.76. The van der Waals surface area contributed by atoms with Crippen LogP contribution in [0.3, 0.4) is 0 Å². The zero-order chi connectivity index (χ0) is 16.2. The standard InChI is InChI=1S/C18H17NO4/c20-17(21)9-14-7-4-8-15-10-19(11-16(14)15)18(22)23-12-13-5-2-1-3-6-13/h1-8H,9-12H2,(H,20,21). The van der Waals surface area contributed by atoms with Gasteiger partial charge in [-0.15, -0.1) is 0 Å². The van der Waals surface area contributed by atoms with E-state index in [0.717, 1.165) is 22.3 Å². The van der Waals surface area contributed by atoms with Crippen LogP contribution < -0.4 is 0 Å². The molecule has 23 heavy (non-hydrogen) atoms. The normalized spacial score (nSPS) is 12.8. The monoisotopic (exact) mass is 311 g/mol. The van der Waals surface area contributed by atoms with E-state index in [1.165, 1.54) is 0 Å². The van der Waals surface area contributed by atoms with Crippen LogP contribution >= 0.6 is 0 Å². The molecule has 0 atom stereocenters. The van der Waals surface area contributed by atoms with Crippen molar-refractivity contribution in [3.63, 3.8) is 0 Å². The minimum Gasteiger partial charge on any atom is -0.481 e. The fraction of sp³-hybridized carbons (Fsp3) is 0.222. The number of nitrogens with zero attached hydrogens (tertiary/aromatic N) is 1. The number of carbonyl (C=O) groups is 2. The van der Waals surface area contributed by atoms with Crippen LogP contribution in [0, 0.1) is 0 Å². The summed E-state index contributed by atoms with van der Waals surface area (Å²) >= 11 is 0. The third-order valence-electron chi connectivity index (χ3n) is 3.89. The Kier molecular flexibility index (Phi) is 4.28. The molecule has 1 N–H and O–H groups in total. The summed E-state index contributed by atoms with van der Waals surface area (Å²) in [5.41, 5.74) is 3.60. The smallest absolute Gasteiger partial charge is 0.410 e. The highest BCUT2D eigenvalue weighted by Crippen LogP contribution is 2.27. The highest BCUT2D eigenvalue weighted by Gasteiger charge is 2.26. The molecule has 3 rings (SSSR count). The molecule has 5 nitrogen and oxygen atoms in total. The molecule has 2 aromatic carbocycles. The van der Waals surface area contributed by atoms with Crippen LogP contribution in [-0.4, -0.2) is 22.1 Å². The number of hydrogen-bond donors (Lipinski definition) is 1. The molecule has 0 fully saturated rings. The van der Waals surface area contributed by atoms with Gasteiger partial charge < -0.3 is 9.84 Å². The van der Waals surface area contributed by atoms with Gasteiger partial charge in [0.25, 0.3) is 0 Å². The summed E-state index contributed by atoms with van der Waals surface area (Å²) in [6, 6.07) is 15.0. The zero-order valence-corrected chi connectivity index (χ0v) is 12.6. The fourth-order valence-corrected chi connectivity index (χ4v) is 2.76. The second kappa shape index (κ2) is 6.52. The van der Waals surface area contributed by atoms with Crippen LogP contribution in [0.15, 0.2) is 48.5 Å². The number of rotatable bonds is 4. The van der Waals surface area contributed by atoms with Gasteiger partial charge >= 0.3 is 12.1 Å². The zero-order valence-electron chi connectivity index (χ0n) is 12.6. The molecule has 2 aromatic rings. The molecule has 0 spiro atoms. The molecule has 1 amide bonds.